The first-order chi connectivity index (χ1) is 6.33. The van der Waals surface area contributed by atoms with Crippen LogP contribution in [0.15, 0.2) is 30.5 Å². The van der Waals surface area contributed by atoms with Crippen molar-refractivity contribution in [3.8, 4) is 5.88 Å². The fraction of sp³-hybridized carbons (Fsp3) is 0.100. The molecule has 66 valence electrons. The van der Waals surface area contributed by atoms with Crippen molar-refractivity contribution in [2.45, 2.75) is 0 Å². The lowest BCUT2D eigenvalue weighted by Gasteiger charge is -2.04. The van der Waals surface area contributed by atoms with E-state index in [2.05, 4.69) is 33.6 Å². The molecular formula is C10H8INO. The Morgan fingerprint density at radius 3 is 2.85 bits per heavy atom. The molecule has 0 aliphatic carbocycles. The van der Waals surface area contributed by atoms with E-state index in [1.54, 1.807) is 13.3 Å². The number of hydrogen-bond donors (Lipinski definition) is 0. The number of aromatic nitrogens is 1. The molecule has 0 fully saturated rings. The van der Waals surface area contributed by atoms with Crippen LogP contribution in [0.1, 0.15) is 0 Å². The maximum absolute atomic E-state index is 5.17. The van der Waals surface area contributed by atoms with E-state index in [0.29, 0.717) is 5.88 Å². The van der Waals surface area contributed by atoms with Gasteiger partial charge in [0.25, 0.3) is 0 Å². The Balaban J connectivity index is 2.84. The summed E-state index contributed by atoms with van der Waals surface area (Å²) in [5.41, 5.74) is 0. The highest BCUT2D eigenvalue weighted by molar-refractivity contribution is 14.1. The third-order valence-corrected chi connectivity index (χ3v) is 2.85. The summed E-state index contributed by atoms with van der Waals surface area (Å²) in [7, 11) is 1.64. The van der Waals surface area contributed by atoms with Crippen LogP contribution in [0.4, 0.5) is 0 Å². The van der Waals surface area contributed by atoms with Crippen molar-refractivity contribution in [2.24, 2.45) is 0 Å². The molecule has 0 unspecified atom stereocenters. The normalized spacial score (nSPS) is 10.3. The summed E-state index contributed by atoms with van der Waals surface area (Å²) in [5.74, 6) is 0.691. The van der Waals surface area contributed by atoms with Crippen LogP contribution >= 0.6 is 22.6 Å². The standard InChI is InChI=1S/C10H8INO/c1-13-10-8-3-2-4-9(11)7(8)5-6-12-10/h2-6H,1H3. The third-order valence-electron chi connectivity index (χ3n) is 1.91. The number of methoxy groups -OCH3 is 1. The second-order valence-electron chi connectivity index (χ2n) is 2.66. The van der Waals surface area contributed by atoms with E-state index in [4.69, 9.17) is 4.74 Å². The summed E-state index contributed by atoms with van der Waals surface area (Å²) in [6.45, 7) is 0. The third kappa shape index (κ3) is 1.48. The Morgan fingerprint density at radius 2 is 2.08 bits per heavy atom. The van der Waals surface area contributed by atoms with Gasteiger partial charge in [-0.1, -0.05) is 6.07 Å². The second kappa shape index (κ2) is 3.49. The van der Waals surface area contributed by atoms with Crippen LogP contribution in [0, 0.1) is 3.57 Å². The van der Waals surface area contributed by atoms with E-state index in [9.17, 15) is 0 Å². The number of halogens is 1. The van der Waals surface area contributed by atoms with Gasteiger partial charge >= 0.3 is 0 Å². The number of pyridine rings is 1. The van der Waals surface area contributed by atoms with E-state index in [1.165, 1.54) is 8.96 Å². The Bertz CT molecular complexity index is 442. The van der Waals surface area contributed by atoms with Crippen molar-refractivity contribution < 1.29 is 4.74 Å². The molecule has 0 saturated heterocycles. The van der Waals surface area contributed by atoms with Crippen molar-refractivity contribution in [2.75, 3.05) is 7.11 Å². The van der Waals surface area contributed by atoms with Crippen LogP contribution in [-0.4, -0.2) is 12.1 Å². The quantitative estimate of drug-likeness (QED) is 0.752. The summed E-state index contributed by atoms with van der Waals surface area (Å²) in [6.07, 6.45) is 1.77. The first-order valence-corrected chi connectivity index (χ1v) is 4.98. The van der Waals surface area contributed by atoms with Crippen molar-refractivity contribution in [3.63, 3.8) is 0 Å². The minimum absolute atomic E-state index is 0.691. The predicted molar refractivity (Wildman–Crippen MR) is 61.0 cm³/mol. The van der Waals surface area contributed by atoms with Gasteiger partial charge in [-0.15, -0.1) is 0 Å². The molecule has 0 aliphatic rings. The van der Waals surface area contributed by atoms with Crippen LogP contribution < -0.4 is 4.74 Å². The van der Waals surface area contributed by atoms with E-state index < -0.39 is 0 Å². The van der Waals surface area contributed by atoms with Crippen LogP contribution in [0.25, 0.3) is 10.8 Å². The van der Waals surface area contributed by atoms with E-state index >= 15 is 0 Å². The molecule has 2 aromatic rings. The van der Waals surface area contributed by atoms with Gasteiger partial charge in [0.2, 0.25) is 5.88 Å². The molecule has 3 heteroatoms. The number of hydrogen-bond acceptors (Lipinski definition) is 2. The first-order valence-electron chi connectivity index (χ1n) is 3.90. The topological polar surface area (TPSA) is 22.1 Å². The zero-order chi connectivity index (χ0) is 9.26. The molecular weight excluding hydrogens is 277 g/mol. The van der Waals surface area contributed by atoms with Crippen LogP contribution in [-0.2, 0) is 0 Å². The van der Waals surface area contributed by atoms with Gasteiger partial charge in [-0.25, -0.2) is 4.98 Å². The van der Waals surface area contributed by atoms with Gasteiger partial charge < -0.3 is 4.74 Å². The monoisotopic (exact) mass is 285 g/mol. The summed E-state index contributed by atoms with van der Waals surface area (Å²) < 4.78 is 6.39. The summed E-state index contributed by atoms with van der Waals surface area (Å²) >= 11 is 2.31. The van der Waals surface area contributed by atoms with Gasteiger partial charge in [-0.3, -0.25) is 0 Å². The number of ether oxygens (including phenoxy) is 1. The van der Waals surface area contributed by atoms with Gasteiger partial charge in [0.1, 0.15) is 0 Å². The van der Waals surface area contributed by atoms with Gasteiger partial charge in [0, 0.05) is 20.5 Å². The lowest BCUT2D eigenvalue weighted by molar-refractivity contribution is 0.403. The first kappa shape index (κ1) is 8.74. The van der Waals surface area contributed by atoms with Gasteiger partial charge in [-0.2, -0.15) is 0 Å². The highest BCUT2D eigenvalue weighted by Crippen LogP contribution is 2.26. The van der Waals surface area contributed by atoms with Gasteiger partial charge in [0.15, 0.2) is 0 Å². The second-order valence-corrected chi connectivity index (χ2v) is 3.82. The predicted octanol–water partition coefficient (Wildman–Crippen LogP) is 2.85. The van der Waals surface area contributed by atoms with Crippen molar-refractivity contribution in [1.29, 1.82) is 0 Å². The molecule has 0 atom stereocenters. The van der Waals surface area contributed by atoms with Crippen LogP contribution in [0.5, 0.6) is 5.88 Å². The van der Waals surface area contributed by atoms with Crippen molar-refractivity contribution in [3.05, 3.63) is 34.0 Å². The fourth-order valence-electron chi connectivity index (χ4n) is 1.30. The Labute approximate surface area is 90.1 Å². The fourth-order valence-corrected chi connectivity index (χ4v) is 1.98. The minimum atomic E-state index is 0.691. The zero-order valence-corrected chi connectivity index (χ0v) is 9.28. The van der Waals surface area contributed by atoms with E-state index in [0.717, 1.165) is 5.39 Å². The molecule has 0 aliphatic heterocycles. The average Bonchev–Trinajstić information content (AvgIpc) is 2.18. The molecule has 1 aromatic carbocycles. The van der Waals surface area contributed by atoms with Crippen LogP contribution in [0.3, 0.4) is 0 Å². The SMILES string of the molecule is COc1nccc2c(I)cccc12. The lowest BCUT2D eigenvalue weighted by atomic mass is 10.2. The zero-order valence-electron chi connectivity index (χ0n) is 7.12. The maximum Gasteiger partial charge on any atom is 0.221 e. The molecule has 1 heterocycles. The average molecular weight is 285 g/mol. The van der Waals surface area contributed by atoms with Gasteiger partial charge in [0.05, 0.1) is 7.11 Å². The van der Waals surface area contributed by atoms with E-state index in [1.807, 2.05) is 18.2 Å². The minimum Gasteiger partial charge on any atom is -0.481 e. The number of fused-ring (bicyclic) bond motifs is 1. The molecule has 2 rings (SSSR count). The molecule has 0 saturated carbocycles. The largest absolute Gasteiger partial charge is 0.481 e. The summed E-state index contributed by atoms with van der Waals surface area (Å²) in [4.78, 5) is 4.14. The van der Waals surface area contributed by atoms with E-state index in [-0.39, 0.29) is 0 Å². The molecule has 1 aromatic heterocycles. The molecule has 13 heavy (non-hydrogen) atoms. The molecule has 0 radical (unpaired) electrons. The molecule has 0 N–H and O–H groups in total. The highest BCUT2D eigenvalue weighted by Gasteiger charge is 2.03. The summed E-state index contributed by atoms with van der Waals surface area (Å²) in [5, 5.41) is 2.26. The Kier molecular flexibility index (Phi) is 2.35. The van der Waals surface area contributed by atoms with Gasteiger partial charge in [-0.05, 0) is 40.8 Å². The Hall–Kier alpha value is -0.840. The number of benzene rings is 1. The van der Waals surface area contributed by atoms with Crippen LogP contribution in [0.2, 0.25) is 0 Å². The number of rotatable bonds is 1. The van der Waals surface area contributed by atoms with Crippen molar-refractivity contribution in [1.82, 2.24) is 4.98 Å². The van der Waals surface area contributed by atoms with Crippen molar-refractivity contribution >= 4 is 33.4 Å². The lowest BCUT2D eigenvalue weighted by Crippen LogP contribution is -1.89. The maximum atomic E-state index is 5.17. The summed E-state index contributed by atoms with van der Waals surface area (Å²) in [6, 6.07) is 8.10. The molecule has 0 spiro atoms. The number of nitrogens with zero attached hydrogens (tertiary/aromatic N) is 1. The molecule has 0 bridgehead atoms. The smallest absolute Gasteiger partial charge is 0.221 e. The molecule has 2 nitrogen and oxygen atoms in total. The highest BCUT2D eigenvalue weighted by atomic mass is 127. The Morgan fingerprint density at radius 1 is 1.23 bits per heavy atom. The molecule has 0 amide bonds.